The van der Waals surface area contributed by atoms with Crippen LogP contribution in [0.3, 0.4) is 0 Å². The topological polar surface area (TPSA) is 62.8 Å². The fourth-order valence-electron chi connectivity index (χ4n) is 3.36. The molecule has 0 saturated heterocycles. The maximum absolute atomic E-state index is 5.71. The van der Waals surface area contributed by atoms with Gasteiger partial charge in [-0.2, -0.15) is 0 Å². The minimum atomic E-state index is 0.670. The third-order valence-electron chi connectivity index (χ3n) is 4.67. The van der Waals surface area contributed by atoms with E-state index in [0.717, 1.165) is 51.7 Å². The Balaban J connectivity index is 1.56. The zero-order chi connectivity index (χ0) is 17.5. The Labute approximate surface area is 151 Å². The molecule has 5 heteroatoms. The van der Waals surface area contributed by atoms with Crippen molar-refractivity contribution in [2.24, 2.45) is 0 Å². The van der Waals surface area contributed by atoms with Gasteiger partial charge in [0, 0.05) is 45.8 Å². The highest BCUT2D eigenvalue weighted by molar-refractivity contribution is 5.89. The summed E-state index contributed by atoms with van der Waals surface area (Å²) < 4.78 is 5.71. The number of anilines is 1. The molecule has 4 aromatic rings. The summed E-state index contributed by atoms with van der Waals surface area (Å²) in [7, 11) is 0. The van der Waals surface area contributed by atoms with Gasteiger partial charge >= 0.3 is 0 Å². The highest BCUT2D eigenvalue weighted by Gasteiger charge is 2.13. The average molecular weight is 342 g/mol. The highest BCUT2D eigenvalue weighted by atomic mass is 16.5. The van der Waals surface area contributed by atoms with Gasteiger partial charge in [-0.1, -0.05) is 6.07 Å². The molecule has 0 atom stereocenters. The second-order valence-electron chi connectivity index (χ2n) is 6.52. The van der Waals surface area contributed by atoms with Crippen molar-refractivity contribution in [3.05, 3.63) is 60.6 Å². The molecule has 0 unspecified atom stereocenters. The third kappa shape index (κ3) is 2.58. The predicted molar refractivity (Wildman–Crippen MR) is 103 cm³/mol. The summed E-state index contributed by atoms with van der Waals surface area (Å²) in [6.45, 7) is 3.47. The van der Waals surface area contributed by atoms with E-state index in [1.54, 1.807) is 0 Å². The lowest BCUT2D eigenvalue weighted by Gasteiger charge is -2.18. The standard InChI is InChI=1S/C21H18N4O/c1-13-8-15(4-5-22-13)19-10-16-9-14(2-3-18(16)25-19)17-11-20-21(24-12-17)23-6-7-26-20/h2-5,8-12,25H,6-7H2,1H3,(H,23,24). The van der Waals surface area contributed by atoms with Crippen LogP contribution in [0.15, 0.2) is 54.9 Å². The molecule has 5 rings (SSSR count). The van der Waals surface area contributed by atoms with E-state index in [0.29, 0.717) is 6.61 Å². The highest BCUT2D eigenvalue weighted by Crippen LogP contribution is 2.32. The lowest BCUT2D eigenvalue weighted by Crippen LogP contribution is -2.18. The van der Waals surface area contributed by atoms with Gasteiger partial charge in [0.25, 0.3) is 0 Å². The third-order valence-corrected chi connectivity index (χ3v) is 4.67. The minimum Gasteiger partial charge on any atom is -0.488 e. The van der Waals surface area contributed by atoms with Gasteiger partial charge in [0.1, 0.15) is 6.61 Å². The fourth-order valence-corrected chi connectivity index (χ4v) is 3.36. The van der Waals surface area contributed by atoms with Crippen LogP contribution in [0.25, 0.3) is 33.3 Å². The number of aromatic nitrogens is 3. The van der Waals surface area contributed by atoms with Crippen LogP contribution in [0, 0.1) is 6.92 Å². The van der Waals surface area contributed by atoms with Crippen molar-refractivity contribution in [3.8, 4) is 28.1 Å². The smallest absolute Gasteiger partial charge is 0.168 e. The van der Waals surface area contributed by atoms with Crippen LogP contribution in [0.1, 0.15) is 5.69 Å². The van der Waals surface area contributed by atoms with E-state index in [-0.39, 0.29) is 0 Å². The van der Waals surface area contributed by atoms with Crippen molar-refractivity contribution in [2.45, 2.75) is 6.92 Å². The summed E-state index contributed by atoms with van der Waals surface area (Å²) in [6.07, 6.45) is 3.73. The largest absolute Gasteiger partial charge is 0.488 e. The number of aromatic amines is 1. The Bertz CT molecular complexity index is 1120. The van der Waals surface area contributed by atoms with Gasteiger partial charge in [-0.15, -0.1) is 0 Å². The van der Waals surface area contributed by atoms with Crippen LogP contribution in [0.2, 0.25) is 0 Å². The molecule has 0 fully saturated rings. The maximum Gasteiger partial charge on any atom is 0.168 e. The normalized spacial score (nSPS) is 13.1. The average Bonchev–Trinajstić information content (AvgIpc) is 3.11. The molecule has 0 amide bonds. The Morgan fingerprint density at radius 1 is 0.962 bits per heavy atom. The quantitative estimate of drug-likeness (QED) is 0.566. The second kappa shape index (κ2) is 5.88. The lowest BCUT2D eigenvalue weighted by atomic mass is 10.1. The number of nitrogens with one attached hydrogen (secondary N) is 2. The van der Waals surface area contributed by atoms with E-state index in [4.69, 9.17) is 4.74 Å². The maximum atomic E-state index is 5.71. The van der Waals surface area contributed by atoms with Crippen LogP contribution in [-0.4, -0.2) is 28.1 Å². The molecule has 0 radical (unpaired) electrons. The van der Waals surface area contributed by atoms with Gasteiger partial charge in [-0.05, 0) is 48.9 Å². The number of pyridine rings is 2. The summed E-state index contributed by atoms with van der Waals surface area (Å²) in [6, 6.07) is 14.7. The first kappa shape index (κ1) is 15.0. The molecule has 0 saturated carbocycles. The first-order chi connectivity index (χ1) is 12.8. The number of nitrogens with zero attached hydrogens (tertiary/aromatic N) is 2. The van der Waals surface area contributed by atoms with E-state index >= 15 is 0 Å². The molecule has 5 nitrogen and oxygen atoms in total. The van der Waals surface area contributed by atoms with E-state index in [1.807, 2.05) is 25.4 Å². The predicted octanol–water partition coefficient (Wildman–Crippen LogP) is 4.40. The van der Waals surface area contributed by atoms with Crippen molar-refractivity contribution < 1.29 is 4.74 Å². The van der Waals surface area contributed by atoms with Gasteiger partial charge in [-0.25, -0.2) is 4.98 Å². The number of rotatable bonds is 2. The summed E-state index contributed by atoms with van der Waals surface area (Å²) in [4.78, 5) is 12.2. The molecule has 4 heterocycles. The number of benzene rings is 1. The Kier molecular flexibility index (Phi) is 3.38. The first-order valence-corrected chi connectivity index (χ1v) is 8.69. The summed E-state index contributed by atoms with van der Waals surface area (Å²) in [5.74, 6) is 1.63. The van der Waals surface area contributed by atoms with E-state index in [1.165, 1.54) is 5.39 Å². The molecule has 0 bridgehead atoms. The fraction of sp³-hybridized carbons (Fsp3) is 0.143. The summed E-state index contributed by atoms with van der Waals surface area (Å²) >= 11 is 0. The molecule has 0 spiro atoms. The molecule has 128 valence electrons. The van der Waals surface area contributed by atoms with Gasteiger partial charge in [0.05, 0.1) is 6.54 Å². The molecule has 1 aliphatic rings. The minimum absolute atomic E-state index is 0.670. The molecule has 26 heavy (non-hydrogen) atoms. The summed E-state index contributed by atoms with van der Waals surface area (Å²) in [5, 5.41) is 4.42. The van der Waals surface area contributed by atoms with Crippen molar-refractivity contribution >= 4 is 16.7 Å². The SMILES string of the molecule is Cc1cc(-c2cc3cc(-c4cnc5c(c4)OCCN5)ccc3[nH]2)ccn1. The van der Waals surface area contributed by atoms with Crippen molar-refractivity contribution in [3.63, 3.8) is 0 Å². The number of hydrogen-bond donors (Lipinski definition) is 2. The lowest BCUT2D eigenvalue weighted by molar-refractivity contribution is 0.321. The first-order valence-electron chi connectivity index (χ1n) is 8.69. The Hall–Kier alpha value is -3.34. The van der Waals surface area contributed by atoms with Crippen LogP contribution in [0.5, 0.6) is 5.75 Å². The van der Waals surface area contributed by atoms with Crippen LogP contribution in [0.4, 0.5) is 5.82 Å². The van der Waals surface area contributed by atoms with E-state index in [2.05, 4.69) is 56.7 Å². The van der Waals surface area contributed by atoms with Gasteiger partial charge in [0.15, 0.2) is 11.6 Å². The number of H-pyrrole nitrogens is 1. The van der Waals surface area contributed by atoms with Crippen LogP contribution >= 0.6 is 0 Å². The Morgan fingerprint density at radius 2 is 1.92 bits per heavy atom. The molecule has 3 aromatic heterocycles. The molecule has 2 N–H and O–H groups in total. The van der Waals surface area contributed by atoms with Crippen molar-refractivity contribution in [1.29, 1.82) is 0 Å². The summed E-state index contributed by atoms with van der Waals surface area (Å²) in [5.41, 5.74) is 6.54. The molecular formula is C21H18N4O. The number of aryl methyl sites for hydroxylation is 1. The van der Waals surface area contributed by atoms with Crippen LogP contribution in [-0.2, 0) is 0 Å². The van der Waals surface area contributed by atoms with Gasteiger partial charge in [-0.3, -0.25) is 4.98 Å². The number of hydrogen-bond acceptors (Lipinski definition) is 4. The molecule has 1 aromatic carbocycles. The van der Waals surface area contributed by atoms with Crippen molar-refractivity contribution in [2.75, 3.05) is 18.5 Å². The molecule has 0 aliphatic carbocycles. The number of fused-ring (bicyclic) bond motifs is 2. The second-order valence-corrected chi connectivity index (χ2v) is 6.52. The monoisotopic (exact) mass is 342 g/mol. The van der Waals surface area contributed by atoms with Crippen molar-refractivity contribution in [1.82, 2.24) is 15.0 Å². The Morgan fingerprint density at radius 3 is 2.85 bits per heavy atom. The zero-order valence-corrected chi connectivity index (χ0v) is 14.4. The van der Waals surface area contributed by atoms with E-state index < -0.39 is 0 Å². The van der Waals surface area contributed by atoms with Crippen LogP contribution < -0.4 is 10.1 Å². The number of ether oxygens (including phenoxy) is 1. The molecular weight excluding hydrogens is 324 g/mol. The van der Waals surface area contributed by atoms with Gasteiger partial charge < -0.3 is 15.0 Å². The van der Waals surface area contributed by atoms with E-state index in [9.17, 15) is 0 Å². The molecule has 1 aliphatic heterocycles. The van der Waals surface area contributed by atoms with Gasteiger partial charge in [0.2, 0.25) is 0 Å². The zero-order valence-electron chi connectivity index (χ0n) is 14.4.